The van der Waals surface area contributed by atoms with Gasteiger partial charge in [-0.2, -0.15) is 0 Å². The maximum absolute atomic E-state index is 10.5. The second kappa shape index (κ2) is 6.70. The lowest BCUT2D eigenvalue weighted by molar-refractivity contribution is -0.139. The van der Waals surface area contributed by atoms with Gasteiger partial charge in [0.05, 0.1) is 0 Å². The Bertz CT molecular complexity index is 183. The van der Waals surface area contributed by atoms with Crippen LogP contribution in [0.2, 0.25) is 0 Å². The molecule has 0 saturated carbocycles. The minimum atomic E-state index is -0.212. The second-order valence-corrected chi connectivity index (χ2v) is 3.56. The summed E-state index contributed by atoms with van der Waals surface area (Å²) in [6.45, 7) is 8.22. The molecule has 0 aliphatic carbocycles. The molecule has 0 amide bonds. The van der Waals surface area contributed by atoms with E-state index in [1.54, 1.807) is 0 Å². The number of carbonyl (C=O) groups excluding carboxylic acids is 1. The van der Waals surface area contributed by atoms with Crippen molar-refractivity contribution in [3.63, 3.8) is 0 Å². The molecule has 1 atom stereocenters. The highest BCUT2D eigenvalue weighted by Gasteiger charge is 1.98. The van der Waals surface area contributed by atoms with E-state index >= 15 is 0 Å². The molecule has 0 aliphatic rings. The van der Waals surface area contributed by atoms with Gasteiger partial charge in [-0.1, -0.05) is 26.3 Å². The average Bonchev–Trinajstić information content (AvgIpc) is 2.01. The van der Waals surface area contributed by atoms with Gasteiger partial charge in [-0.05, 0) is 24.8 Å². The highest BCUT2D eigenvalue weighted by Crippen LogP contribution is 2.09. The fraction of sp³-hybridized carbons (Fsp3) is 0.727. The lowest BCUT2D eigenvalue weighted by Gasteiger charge is -2.06. The summed E-state index contributed by atoms with van der Waals surface area (Å²) in [5.74, 6) is 0.372. The molecule has 1 unspecified atom stereocenters. The third kappa shape index (κ3) is 7.57. The fourth-order valence-electron chi connectivity index (χ4n) is 1.29. The van der Waals surface area contributed by atoms with Crippen LogP contribution < -0.4 is 0 Å². The molecule has 0 fully saturated rings. The van der Waals surface area contributed by atoms with Gasteiger partial charge in [-0.15, -0.1) is 0 Å². The Labute approximate surface area is 81.0 Å². The quantitative estimate of drug-likeness (QED) is 0.485. The van der Waals surface area contributed by atoms with E-state index in [-0.39, 0.29) is 5.97 Å². The van der Waals surface area contributed by atoms with Crippen molar-refractivity contribution in [1.82, 2.24) is 0 Å². The van der Waals surface area contributed by atoms with Gasteiger partial charge < -0.3 is 4.74 Å². The van der Waals surface area contributed by atoms with Crippen LogP contribution in [0.3, 0.4) is 0 Å². The van der Waals surface area contributed by atoms with E-state index in [9.17, 15) is 4.79 Å². The molecular weight excluding hydrogens is 164 g/mol. The number of ether oxygens (including phenoxy) is 1. The van der Waals surface area contributed by atoms with E-state index in [1.165, 1.54) is 19.8 Å². The molecule has 2 nitrogen and oxygen atoms in total. The molecule has 0 rings (SSSR count). The Morgan fingerprint density at radius 3 is 2.54 bits per heavy atom. The molecule has 0 radical (unpaired) electrons. The summed E-state index contributed by atoms with van der Waals surface area (Å²) in [5.41, 5.74) is 1.14. The van der Waals surface area contributed by atoms with Crippen LogP contribution in [0.5, 0.6) is 0 Å². The first-order valence-electron chi connectivity index (χ1n) is 4.87. The Hall–Kier alpha value is -0.790. The number of rotatable bonds is 5. The summed E-state index contributed by atoms with van der Waals surface area (Å²) >= 11 is 0. The van der Waals surface area contributed by atoms with E-state index < -0.39 is 0 Å². The van der Waals surface area contributed by atoms with Crippen molar-refractivity contribution in [2.75, 3.05) is 6.61 Å². The standard InChI is InChI=1S/C11H20O2/c1-5-6-9(2)7-10(3)8-13-11(4)12/h7,9H,5-6,8H2,1-4H3/b10-7+. The zero-order valence-electron chi connectivity index (χ0n) is 9.09. The largest absolute Gasteiger partial charge is 0.461 e. The minimum absolute atomic E-state index is 0.212. The van der Waals surface area contributed by atoms with Gasteiger partial charge in [0.15, 0.2) is 0 Å². The third-order valence-electron chi connectivity index (χ3n) is 1.82. The lowest BCUT2D eigenvalue weighted by atomic mass is 10.0. The Balaban J connectivity index is 3.79. The minimum Gasteiger partial charge on any atom is -0.461 e. The molecule has 0 aromatic heterocycles. The highest BCUT2D eigenvalue weighted by molar-refractivity contribution is 5.66. The smallest absolute Gasteiger partial charge is 0.302 e. The highest BCUT2D eigenvalue weighted by atomic mass is 16.5. The average molecular weight is 184 g/mol. The van der Waals surface area contributed by atoms with E-state index in [2.05, 4.69) is 19.9 Å². The van der Waals surface area contributed by atoms with Crippen LogP contribution in [-0.4, -0.2) is 12.6 Å². The topological polar surface area (TPSA) is 26.3 Å². The van der Waals surface area contributed by atoms with Gasteiger partial charge in [0.2, 0.25) is 0 Å². The predicted molar refractivity (Wildman–Crippen MR) is 54.5 cm³/mol. The van der Waals surface area contributed by atoms with Gasteiger partial charge in [-0.25, -0.2) is 0 Å². The summed E-state index contributed by atoms with van der Waals surface area (Å²) < 4.78 is 4.88. The molecule has 0 aromatic carbocycles. The van der Waals surface area contributed by atoms with Crippen LogP contribution >= 0.6 is 0 Å². The Morgan fingerprint density at radius 1 is 1.46 bits per heavy atom. The first-order chi connectivity index (χ1) is 6.06. The van der Waals surface area contributed by atoms with Crippen molar-refractivity contribution >= 4 is 5.97 Å². The maximum Gasteiger partial charge on any atom is 0.302 e. The molecule has 0 spiro atoms. The summed E-state index contributed by atoms with van der Waals surface area (Å²) in [6, 6.07) is 0. The first kappa shape index (κ1) is 12.2. The van der Waals surface area contributed by atoms with E-state index in [0.29, 0.717) is 12.5 Å². The molecule has 13 heavy (non-hydrogen) atoms. The van der Waals surface area contributed by atoms with E-state index in [4.69, 9.17) is 4.74 Å². The number of carbonyl (C=O) groups is 1. The van der Waals surface area contributed by atoms with Crippen LogP contribution in [0, 0.1) is 5.92 Å². The van der Waals surface area contributed by atoms with Gasteiger partial charge >= 0.3 is 5.97 Å². The van der Waals surface area contributed by atoms with Crippen molar-refractivity contribution in [2.45, 2.75) is 40.5 Å². The van der Waals surface area contributed by atoms with Crippen LogP contribution in [0.25, 0.3) is 0 Å². The first-order valence-corrected chi connectivity index (χ1v) is 4.87. The molecule has 0 saturated heterocycles. The summed E-state index contributed by atoms with van der Waals surface area (Å²) in [4.78, 5) is 10.5. The third-order valence-corrected chi connectivity index (χ3v) is 1.82. The van der Waals surface area contributed by atoms with Crippen molar-refractivity contribution in [3.8, 4) is 0 Å². The molecule has 0 aliphatic heterocycles. The van der Waals surface area contributed by atoms with Gasteiger partial charge in [0.1, 0.15) is 6.61 Å². The zero-order chi connectivity index (χ0) is 10.3. The summed E-state index contributed by atoms with van der Waals surface area (Å²) in [5, 5.41) is 0. The Kier molecular flexibility index (Phi) is 6.29. The van der Waals surface area contributed by atoms with Gasteiger partial charge in [0.25, 0.3) is 0 Å². The molecule has 2 heteroatoms. The lowest BCUT2D eigenvalue weighted by Crippen LogP contribution is -2.02. The number of hydrogen-bond acceptors (Lipinski definition) is 2. The van der Waals surface area contributed by atoms with E-state index in [1.807, 2.05) is 6.92 Å². The predicted octanol–water partition coefficient (Wildman–Crippen LogP) is 2.93. The maximum atomic E-state index is 10.5. The number of hydrogen-bond donors (Lipinski definition) is 0. The Morgan fingerprint density at radius 2 is 2.08 bits per heavy atom. The molecule has 0 aromatic rings. The van der Waals surface area contributed by atoms with Crippen molar-refractivity contribution in [3.05, 3.63) is 11.6 Å². The van der Waals surface area contributed by atoms with E-state index in [0.717, 1.165) is 5.57 Å². The number of esters is 1. The molecular formula is C11H20O2. The monoisotopic (exact) mass is 184 g/mol. The molecule has 76 valence electrons. The summed E-state index contributed by atoms with van der Waals surface area (Å²) in [7, 11) is 0. The van der Waals surface area contributed by atoms with Crippen molar-refractivity contribution in [1.29, 1.82) is 0 Å². The van der Waals surface area contributed by atoms with Crippen LogP contribution in [-0.2, 0) is 9.53 Å². The summed E-state index contributed by atoms with van der Waals surface area (Å²) in [6.07, 6.45) is 4.56. The van der Waals surface area contributed by atoms with Crippen LogP contribution in [0.15, 0.2) is 11.6 Å². The molecule has 0 N–H and O–H groups in total. The SMILES string of the molecule is CCCC(C)/C=C(\C)COC(C)=O. The normalized spacial score (nSPS) is 14.0. The van der Waals surface area contributed by atoms with Crippen LogP contribution in [0.1, 0.15) is 40.5 Å². The van der Waals surface area contributed by atoms with Crippen molar-refractivity contribution < 1.29 is 9.53 Å². The second-order valence-electron chi connectivity index (χ2n) is 3.56. The van der Waals surface area contributed by atoms with Crippen molar-refractivity contribution in [2.24, 2.45) is 5.92 Å². The molecule has 0 bridgehead atoms. The number of allylic oxidation sites excluding steroid dienone is 1. The van der Waals surface area contributed by atoms with Gasteiger partial charge in [0, 0.05) is 6.92 Å². The van der Waals surface area contributed by atoms with Gasteiger partial charge in [-0.3, -0.25) is 4.79 Å². The zero-order valence-corrected chi connectivity index (χ0v) is 9.09. The van der Waals surface area contributed by atoms with Crippen LogP contribution in [0.4, 0.5) is 0 Å². The molecule has 0 heterocycles. The fourth-order valence-corrected chi connectivity index (χ4v) is 1.29.